The number of amides is 1. The molecular formula is C22H24N4OS2. The lowest BCUT2D eigenvalue weighted by Gasteiger charge is -2.08. The molecular weight excluding hydrogens is 400 g/mol. The molecule has 0 atom stereocenters. The van der Waals surface area contributed by atoms with Crippen LogP contribution in [0, 0.1) is 20.8 Å². The molecule has 1 amide bonds. The molecule has 1 N–H and O–H groups in total. The number of anilines is 1. The van der Waals surface area contributed by atoms with Crippen LogP contribution in [-0.4, -0.2) is 26.4 Å². The number of carbonyl (C=O) groups excluding carboxylic acids is 1. The number of allylic oxidation sites excluding steroid dienone is 1. The van der Waals surface area contributed by atoms with E-state index in [-0.39, 0.29) is 11.7 Å². The van der Waals surface area contributed by atoms with E-state index in [4.69, 9.17) is 0 Å². The maximum Gasteiger partial charge on any atom is 0.234 e. The molecule has 0 fully saturated rings. The first kappa shape index (κ1) is 21.2. The number of aromatic nitrogens is 3. The van der Waals surface area contributed by atoms with Gasteiger partial charge in [-0.05, 0) is 68.3 Å². The maximum atomic E-state index is 12.3. The maximum absolute atomic E-state index is 12.3. The van der Waals surface area contributed by atoms with Gasteiger partial charge in [-0.1, -0.05) is 35.7 Å². The summed E-state index contributed by atoms with van der Waals surface area (Å²) in [6.45, 7) is 10.5. The quantitative estimate of drug-likeness (QED) is 0.394. The van der Waals surface area contributed by atoms with Crippen LogP contribution in [0.25, 0.3) is 0 Å². The van der Waals surface area contributed by atoms with Crippen LogP contribution in [0.1, 0.15) is 17.0 Å². The fourth-order valence-electron chi connectivity index (χ4n) is 2.65. The summed E-state index contributed by atoms with van der Waals surface area (Å²) < 4.78 is 1.93. The molecule has 5 nitrogen and oxygen atoms in total. The van der Waals surface area contributed by atoms with Crippen molar-refractivity contribution in [2.45, 2.75) is 42.3 Å². The van der Waals surface area contributed by atoms with E-state index in [1.807, 2.05) is 35.8 Å². The summed E-state index contributed by atoms with van der Waals surface area (Å²) in [5.74, 6) is 1.01. The number of aryl methyl sites for hydroxylation is 3. The first-order valence-electron chi connectivity index (χ1n) is 9.25. The Labute approximate surface area is 180 Å². The van der Waals surface area contributed by atoms with Gasteiger partial charge < -0.3 is 9.88 Å². The molecule has 0 unspecified atom stereocenters. The fourth-order valence-corrected chi connectivity index (χ4v) is 4.36. The molecule has 7 heteroatoms. The summed E-state index contributed by atoms with van der Waals surface area (Å²) in [6.07, 6.45) is 1.79. The molecule has 1 heterocycles. The van der Waals surface area contributed by atoms with Crippen LogP contribution in [0.4, 0.5) is 5.69 Å². The van der Waals surface area contributed by atoms with Gasteiger partial charge in [0, 0.05) is 22.0 Å². The van der Waals surface area contributed by atoms with E-state index in [0.29, 0.717) is 6.54 Å². The Balaban J connectivity index is 1.54. The molecule has 29 heavy (non-hydrogen) atoms. The van der Waals surface area contributed by atoms with Gasteiger partial charge in [0.1, 0.15) is 5.82 Å². The van der Waals surface area contributed by atoms with Crippen molar-refractivity contribution in [1.29, 1.82) is 0 Å². The molecule has 0 spiro atoms. The molecule has 1 aromatic heterocycles. The highest BCUT2D eigenvalue weighted by Crippen LogP contribution is 2.30. The van der Waals surface area contributed by atoms with Gasteiger partial charge in [0.15, 0.2) is 5.16 Å². The molecule has 0 saturated heterocycles. The van der Waals surface area contributed by atoms with Crippen molar-refractivity contribution in [3.8, 4) is 0 Å². The van der Waals surface area contributed by atoms with Crippen LogP contribution in [0.3, 0.4) is 0 Å². The zero-order valence-electron chi connectivity index (χ0n) is 16.8. The Bertz CT molecular complexity index is 1010. The van der Waals surface area contributed by atoms with Gasteiger partial charge in [-0.2, -0.15) is 0 Å². The Hall–Kier alpha value is -2.51. The Morgan fingerprint density at radius 2 is 1.79 bits per heavy atom. The Kier molecular flexibility index (Phi) is 7.17. The van der Waals surface area contributed by atoms with Crippen molar-refractivity contribution in [3.05, 3.63) is 72.1 Å². The Morgan fingerprint density at radius 3 is 2.48 bits per heavy atom. The number of nitrogens with zero attached hydrogens (tertiary/aromatic N) is 3. The third-order valence-corrected chi connectivity index (χ3v) is 6.36. The number of thioether (sulfide) groups is 1. The average molecular weight is 425 g/mol. The van der Waals surface area contributed by atoms with Crippen LogP contribution < -0.4 is 5.32 Å². The standard InChI is InChI=1S/C22H24N4OS2/c1-5-12-26-17(4)24-25-22(26)28-14-21(27)23-18-7-10-19(11-8-18)29-20-9-6-15(2)16(3)13-20/h5-11,13H,1,12,14H2,2-4H3,(H,23,27). The van der Waals surface area contributed by atoms with Crippen molar-refractivity contribution in [3.63, 3.8) is 0 Å². The van der Waals surface area contributed by atoms with Gasteiger partial charge in [-0.25, -0.2) is 0 Å². The second kappa shape index (κ2) is 9.80. The van der Waals surface area contributed by atoms with Gasteiger partial charge in [-0.15, -0.1) is 16.8 Å². The topological polar surface area (TPSA) is 59.8 Å². The number of rotatable bonds is 8. The van der Waals surface area contributed by atoms with Crippen molar-refractivity contribution in [2.75, 3.05) is 11.1 Å². The number of carbonyl (C=O) groups is 1. The lowest BCUT2D eigenvalue weighted by atomic mass is 10.1. The highest BCUT2D eigenvalue weighted by atomic mass is 32.2. The van der Waals surface area contributed by atoms with E-state index < -0.39 is 0 Å². The van der Waals surface area contributed by atoms with E-state index in [1.165, 1.54) is 27.8 Å². The Morgan fingerprint density at radius 1 is 1.07 bits per heavy atom. The predicted molar refractivity (Wildman–Crippen MR) is 121 cm³/mol. The van der Waals surface area contributed by atoms with Crippen molar-refractivity contribution in [1.82, 2.24) is 14.8 Å². The first-order valence-corrected chi connectivity index (χ1v) is 11.0. The minimum absolute atomic E-state index is 0.0737. The lowest BCUT2D eigenvalue weighted by Crippen LogP contribution is -2.14. The summed E-state index contributed by atoms with van der Waals surface area (Å²) in [4.78, 5) is 14.6. The van der Waals surface area contributed by atoms with E-state index in [0.717, 1.165) is 21.6 Å². The summed E-state index contributed by atoms with van der Waals surface area (Å²) in [7, 11) is 0. The second-order valence-electron chi connectivity index (χ2n) is 6.64. The average Bonchev–Trinajstić information content (AvgIpc) is 3.05. The SMILES string of the molecule is C=CCn1c(C)nnc1SCC(=O)Nc1ccc(Sc2ccc(C)c(C)c2)cc1. The monoisotopic (exact) mass is 424 g/mol. The zero-order chi connectivity index (χ0) is 20.8. The first-order chi connectivity index (χ1) is 14.0. The summed E-state index contributed by atoms with van der Waals surface area (Å²) >= 11 is 3.08. The van der Waals surface area contributed by atoms with Crippen molar-refractivity contribution in [2.24, 2.45) is 0 Å². The minimum atomic E-state index is -0.0737. The van der Waals surface area contributed by atoms with Gasteiger partial charge in [0.2, 0.25) is 5.91 Å². The number of hydrogen-bond donors (Lipinski definition) is 1. The summed E-state index contributed by atoms with van der Waals surface area (Å²) in [5, 5.41) is 11.8. The van der Waals surface area contributed by atoms with E-state index in [1.54, 1.807) is 17.8 Å². The summed E-state index contributed by atoms with van der Waals surface area (Å²) in [6, 6.07) is 14.4. The van der Waals surface area contributed by atoms with Crippen LogP contribution >= 0.6 is 23.5 Å². The van der Waals surface area contributed by atoms with Crippen molar-refractivity contribution >= 4 is 35.1 Å². The van der Waals surface area contributed by atoms with E-state index in [2.05, 4.69) is 54.1 Å². The molecule has 150 valence electrons. The highest BCUT2D eigenvalue weighted by Gasteiger charge is 2.11. The molecule has 2 aromatic carbocycles. The minimum Gasteiger partial charge on any atom is -0.325 e. The van der Waals surface area contributed by atoms with Gasteiger partial charge in [0.25, 0.3) is 0 Å². The smallest absolute Gasteiger partial charge is 0.234 e. The third-order valence-electron chi connectivity index (χ3n) is 4.40. The molecule has 0 bridgehead atoms. The molecule has 0 aliphatic rings. The lowest BCUT2D eigenvalue weighted by molar-refractivity contribution is -0.113. The normalized spacial score (nSPS) is 10.7. The number of hydrogen-bond acceptors (Lipinski definition) is 5. The van der Waals surface area contributed by atoms with E-state index >= 15 is 0 Å². The largest absolute Gasteiger partial charge is 0.325 e. The van der Waals surface area contributed by atoms with E-state index in [9.17, 15) is 4.79 Å². The fraction of sp³-hybridized carbons (Fsp3) is 0.227. The van der Waals surface area contributed by atoms with Gasteiger partial charge >= 0.3 is 0 Å². The van der Waals surface area contributed by atoms with Crippen LogP contribution in [0.2, 0.25) is 0 Å². The molecule has 0 aliphatic heterocycles. The number of nitrogens with one attached hydrogen (secondary N) is 1. The molecule has 3 aromatic rings. The summed E-state index contributed by atoms with van der Waals surface area (Å²) in [5.41, 5.74) is 3.36. The highest BCUT2D eigenvalue weighted by molar-refractivity contribution is 7.99. The molecule has 0 aliphatic carbocycles. The second-order valence-corrected chi connectivity index (χ2v) is 8.73. The number of benzene rings is 2. The van der Waals surface area contributed by atoms with Crippen LogP contribution in [-0.2, 0) is 11.3 Å². The van der Waals surface area contributed by atoms with Crippen LogP contribution in [0.15, 0.2) is 70.1 Å². The third kappa shape index (κ3) is 5.74. The zero-order valence-corrected chi connectivity index (χ0v) is 18.4. The molecule has 0 saturated carbocycles. The van der Waals surface area contributed by atoms with Crippen molar-refractivity contribution < 1.29 is 4.79 Å². The molecule has 0 radical (unpaired) electrons. The van der Waals surface area contributed by atoms with Gasteiger partial charge in [0.05, 0.1) is 5.75 Å². The molecule has 3 rings (SSSR count). The van der Waals surface area contributed by atoms with Crippen LogP contribution in [0.5, 0.6) is 0 Å². The van der Waals surface area contributed by atoms with Gasteiger partial charge in [-0.3, -0.25) is 4.79 Å². The predicted octanol–water partition coefficient (Wildman–Crippen LogP) is 5.27.